The van der Waals surface area contributed by atoms with Gasteiger partial charge in [0.25, 0.3) is 0 Å². The van der Waals surface area contributed by atoms with Crippen LogP contribution in [-0.4, -0.2) is 57.0 Å². The second kappa shape index (κ2) is 26.3. The van der Waals surface area contributed by atoms with E-state index in [-0.39, 0.29) is 5.72 Å². The molecule has 2 atom stereocenters. The molecule has 0 radical (unpaired) electrons. The Labute approximate surface area is 660 Å². The lowest BCUT2D eigenvalue weighted by Gasteiger charge is -2.35. The molecule has 6 aromatic heterocycles. The quantitative estimate of drug-likeness (QED) is 0.151. The molecule has 16 heteroatoms. The fourth-order valence-corrected chi connectivity index (χ4v) is 18.3. The number of para-hydroxylation sites is 8. The molecule has 18 aromatic rings. The van der Waals surface area contributed by atoms with Gasteiger partial charge in [-0.25, -0.2) is 19.9 Å². The lowest BCUT2D eigenvalue weighted by Crippen LogP contribution is -2.35. The fourth-order valence-electron chi connectivity index (χ4n) is 18.1. The zero-order chi connectivity index (χ0) is 75.8. The molecule has 12 aromatic carbocycles. The van der Waals surface area contributed by atoms with Crippen LogP contribution in [0.1, 0.15) is 44.5 Å². The number of ether oxygens (including phenoxy) is 2. The number of hydrogen-bond donors (Lipinski definition) is 2. The van der Waals surface area contributed by atoms with Gasteiger partial charge in [0.15, 0.2) is 34.5 Å². The van der Waals surface area contributed by atoms with Crippen LogP contribution in [0.25, 0.3) is 101 Å². The molecule has 6 aliphatic rings. The molecule has 8 heterocycles. The molecular weight excluding hydrogens is 1430 g/mol. The largest absolute Gasteiger partial charge is 0.528 e. The molecule has 4 aliphatic carbocycles. The van der Waals surface area contributed by atoms with Crippen molar-refractivity contribution in [3.63, 3.8) is 0 Å². The number of benzene rings is 12. The topological polar surface area (TPSA) is 169 Å². The van der Waals surface area contributed by atoms with Crippen LogP contribution in [0, 0.1) is 0 Å². The van der Waals surface area contributed by atoms with Crippen LogP contribution in [0.3, 0.4) is 0 Å². The summed E-state index contributed by atoms with van der Waals surface area (Å²) < 4.78 is 13.8. The van der Waals surface area contributed by atoms with Crippen LogP contribution in [0.15, 0.2) is 352 Å². The lowest BCUT2D eigenvalue weighted by atomic mass is 9.71. The first-order valence-corrected chi connectivity index (χ1v) is 38.1. The van der Waals surface area contributed by atoms with Gasteiger partial charge in [0.05, 0.1) is 83.8 Å². The summed E-state index contributed by atoms with van der Waals surface area (Å²) in [6.45, 7) is 0. The molecule has 2 unspecified atom stereocenters. The number of rotatable bonds is 6. The summed E-state index contributed by atoms with van der Waals surface area (Å²) in [5, 5.41) is 21.1. The van der Waals surface area contributed by atoms with Crippen molar-refractivity contribution < 1.29 is 19.5 Å². The Bertz CT molecular complexity index is 6990. The van der Waals surface area contributed by atoms with Gasteiger partial charge in [0, 0.05) is 85.9 Å². The zero-order valence-corrected chi connectivity index (χ0v) is 61.4. The van der Waals surface area contributed by atoms with E-state index < -0.39 is 17.9 Å². The summed E-state index contributed by atoms with van der Waals surface area (Å²) in [6.07, 6.45) is 7.32. The van der Waals surface area contributed by atoms with Crippen molar-refractivity contribution in [2.24, 2.45) is 0 Å². The number of nitrogens with zero attached hydrogens (tertiary/aromatic N) is 10. The molecule has 0 saturated carbocycles. The second-order valence-electron chi connectivity index (χ2n) is 28.7. The molecule has 0 amide bonds. The van der Waals surface area contributed by atoms with Crippen molar-refractivity contribution >= 4 is 80.4 Å². The van der Waals surface area contributed by atoms with Gasteiger partial charge in [0.1, 0.15) is 0 Å². The maximum atomic E-state index is 9.29. The predicted molar refractivity (Wildman–Crippen MR) is 450 cm³/mol. The van der Waals surface area contributed by atoms with Gasteiger partial charge >= 0.3 is 7.12 Å². The molecule has 2 aliphatic heterocycles. The predicted octanol–water partition coefficient (Wildman–Crippen LogP) is 21.7. The second-order valence-corrected chi connectivity index (χ2v) is 29.1. The molecule has 0 saturated heterocycles. The van der Waals surface area contributed by atoms with Crippen molar-refractivity contribution in [3.8, 4) is 102 Å². The third kappa shape index (κ3) is 9.96. The van der Waals surface area contributed by atoms with Crippen LogP contribution < -0.4 is 25.0 Å². The monoisotopic (exact) mass is 1490 g/mol. The van der Waals surface area contributed by atoms with Gasteiger partial charge in [-0.3, -0.25) is 19.9 Å². The first kappa shape index (κ1) is 66.4. The summed E-state index contributed by atoms with van der Waals surface area (Å²) in [4.78, 5) is 43.2. The summed E-state index contributed by atoms with van der Waals surface area (Å²) >= 11 is 6.63. The Kier molecular flexibility index (Phi) is 15.3. The third-order valence-corrected chi connectivity index (χ3v) is 22.9. The molecule has 536 valence electrons. The number of hydrogen-bond acceptors (Lipinski definition) is 14. The molecule has 0 fully saturated rings. The minimum Gasteiger partial charge on any atom is -0.452 e. The maximum Gasteiger partial charge on any atom is 0.528 e. The Morgan fingerprint density at radius 3 is 1.26 bits per heavy atom. The molecule has 24 rings (SSSR count). The van der Waals surface area contributed by atoms with Crippen LogP contribution in [0.5, 0.6) is 23.0 Å². The minimum atomic E-state index is -1.67. The SMILES string of the molecule is Clc1cnc2c(c1)C1(c3ccccc3-c3c1ccc1c3Oc3ccccc3N1c1ccccc1)c1cccnc1-2.OB(O)c1nc(-c2ccccc2)c2ccccc2n1.c1ccc(-c2nc(-c3cnc4c(c3)C3(c5ccccc5-c5c3ccc3c5Oc5ccccc5N3c3ccccc3)c3cccnc3-4)nc3ccccc23)cc1. The molecule has 114 heavy (non-hydrogen) atoms. The van der Waals surface area contributed by atoms with E-state index in [9.17, 15) is 10.0 Å². The fraction of sp³-hybridized carbons (Fsp3) is 0.0204. The summed E-state index contributed by atoms with van der Waals surface area (Å²) in [7, 11) is -1.67. The lowest BCUT2D eigenvalue weighted by molar-refractivity contribution is 0.422. The van der Waals surface area contributed by atoms with Gasteiger partial charge in [-0.1, -0.05) is 242 Å². The van der Waals surface area contributed by atoms with Crippen molar-refractivity contribution in [2.45, 2.75) is 10.8 Å². The van der Waals surface area contributed by atoms with Crippen molar-refractivity contribution in [1.82, 2.24) is 39.9 Å². The smallest absolute Gasteiger partial charge is 0.452 e. The van der Waals surface area contributed by atoms with Crippen LogP contribution in [0.4, 0.5) is 34.1 Å². The Morgan fingerprint density at radius 2 is 0.737 bits per heavy atom. The summed E-state index contributed by atoms with van der Waals surface area (Å²) in [6, 6.07) is 112. The van der Waals surface area contributed by atoms with Gasteiger partial charge in [-0.05, 0) is 142 Å². The highest BCUT2D eigenvalue weighted by Gasteiger charge is 2.57. The Balaban J connectivity index is 0.000000117. The standard InChI is InChI=1S/C49H29N5O.C35H20ClN3O.C14H11BN2O2/c1-3-14-30(15-4-1)44-34-19-8-10-22-39(34)52-48(53-44)31-28-38-46(51-29-31)45-37(21-13-27-50-45)49(38)35-20-9-7-18-33(35)43-36(49)25-26-41-47(43)55-42-24-12-11-23-40(42)54(41)32-16-5-2-6-17-32;36-21-19-27-33(38-20-21)32-26(13-8-18-37-32)35(27)24-12-5-4-11-23(24)31-25(35)16-17-29-34(31)40-30-15-7-6-14-28(30)39(29)22-9-2-1-3-10-22;18-15(19)14-16-12-9-5-4-8-11(12)13(17-14)10-6-2-1-3-7-10/h1-29H;1-20H;1-9,18-19H. The zero-order valence-electron chi connectivity index (χ0n) is 60.6. The Hall–Kier alpha value is -14.6. The van der Waals surface area contributed by atoms with E-state index in [0.717, 1.165) is 174 Å². The Morgan fingerprint density at radius 1 is 0.316 bits per heavy atom. The van der Waals surface area contributed by atoms with Crippen molar-refractivity contribution in [3.05, 3.63) is 402 Å². The van der Waals surface area contributed by atoms with Gasteiger partial charge in [-0.2, -0.15) is 0 Å². The maximum absolute atomic E-state index is 9.29. The van der Waals surface area contributed by atoms with Gasteiger partial charge < -0.3 is 29.3 Å². The first-order chi connectivity index (χ1) is 56.3. The van der Waals surface area contributed by atoms with Gasteiger partial charge in [-0.15, -0.1) is 0 Å². The molecular formula is C98H60BClN10O4. The highest BCUT2D eigenvalue weighted by molar-refractivity contribution is 6.56. The van der Waals surface area contributed by atoms with E-state index in [1.54, 1.807) is 6.20 Å². The number of pyridine rings is 4. The third-order valence-electron chi connectivity index (χ3n) is 22.7. The number of halogens is 1. The number of fused-ring (bicyclic) bond motifs is 28. The first-order valence-electron chi connectivity index (χ1n) is 37.7. The van der Waals surface area contributed by atoms with E-state index in [2.05, 4.69) is 226 Å². The average Bonchev–Trinajstić information content (AvgIpc) is 1.51. The minimum absolute atomic E-state index is 0.0116. The van der Waals surface area contributed by atoms with E-state index in [1.807, 2.05) is 140 Å². The molecule has 14 nitrogen and oxygen atoms in total. The van der Waals surface area contributed by atoms with Gasteiger partial charge in [0.2, 0.25) is 0 Å². The van der Waals surface area contributed by atoms with E-state index in [0.29, 0.717) is 22.1 Å². The number of anilines is 6. The van der Waals surface area contributed by atoms with E-state index in [4.69, 9.17) is 51.0 Å². The van der Waals surface area contributed by atoms with Crippen LogP contribution in [-0.2, 0) is 10.8 Å². The van der Waals surface area contributed by atoms with E-state index in [1.165, 1.54) is 11.1 Å². The summed E-state index contributed by atoms with van der Waals surface area (Å²) in [5.74, 6) is 3.94. The molecule has 2 spiro atoms. The van der Waals surface area contributed by atoms with Crippen LogP contribution in [0.2, 0.25) is 5.02 Å². The van der Waals surface area contributed by atoms with Crippen molar-refractivity contribution in [1.29, 1.82) is 0 Å². The highest BCUT2D eigenvalue weighted by atomic mass is 35.5. The van der Waals surface area contributed by atoms with Crippen molar-refractivity contribution in [2.75, 3.05) is 9.80 Å². The van der Waals surface area contributed by atoms with Crippen LogP contribution >= 0.6 is 11.6 Å². The summed E-state index contributed by atoms with van der Waals surface area (Å²) in [5.41, 5.74) is 27.7. The average molecular weight is 1490 g/mol. The molecule has 2 N–H and O–H groups in total. The highest BCUT2D eigenvalue weighted by Crippen LogP contribution is 2.69. The number of aromatic nitrogens is 8. The van der Waals surface area contributed by atoms with E-state index >= 15 is 0 Å². The normalized spacial score (nSPS) is 15.1. The molecule has 0 bridgehead atoms.